The second kappa shape index (κ2) is 9.68. The maximum absolute atomic E-state index is 13.3. The number of carbonyl (C=O) groups is 1. The van der Waals surface area contributed by atoms with Gasteiger partial charge in [0.1, 0.15) is 10.3 Å². The molecule has 1 aliphatic carbocycles. The van der Waals surface area contributed by atoms with Crippen LogP contribution in [0.3, 0.4) is 0 Å². The number of methoxy groups -OCH3 is 1. The van der Waals surface area contributed by atoms with E-state index in [2.05, 4.69) is 84.4 Å². The van der Waals surface area contributed by atoms with Gasteiger partial charge in [-0.15, -0.1) is 6.58 Å². The standard InChI is InChI=1S/C25H42O3SSi2/c1-11-15-20-21(26)18-22(28-31(9,10)24(2,3)4)23(20)25(27-5,30(6,7)8)29-19-16-13-12-14-17-19/h11-14,16-17,20,22-23H,1,15,18H2,2-10H3. The van der Waals surface area contributed by atoms with Crippen molar-refractivity contribution in [3.05, 3.63) is 43.0 Å². The first-order valence-electron chi connectivity index (χ1n) is 11.3. The zero-order chi connectivity index (χ0) is 23.7. The number of ketones is 1. The van der Waals surface area contributed by atoms with Gasteiger partial charge in [0.15, 0.2) is 8.32 Å². The topological polar surface area (TPSA) is 35.5 Å². The summed E-state index contributed by atoms with van der Waals surface area (Å²) < 4.78 is 13.0. The van der Waals surface area contributed by atoms with Crippen molar-refractivity contribution in [1.29, 1.82) is 0 Å². The Balaban J connectivity index is 2.63. The van der Waals surface area contributed by atoms with E-state index in [1.165, 1.54) is 4.90 Å². The molecular weight excluding hydrogens is 437 g/mol. The zero-order valence-corrected chi connectivity index (χ0v) is 23.8. The van der Waals surface area contributed by atoms with E-state index >= 15 is 0 Å². The molecule has 0 heterocycles. The molecule has 4 unspecified atom stereocenters. The SMILES string of the molecule is C=CCC1C(=O)CC(O[Si](C)(C)C(C)(C)C)C1C(OC)(Sc1ccccc1)[Si](C)(C)C. The lowest BCUT2D eigenvalue weighted by molar-refractivity contribution is -0.121. The van der Waals surface area contributed by atoms with Crippen LogP contribution in [0.1, 0.15) is 33.6 Å². The fourth-order valence-corrected chi connectivity index (χ4v) is 10.5. The van der Waals surface area contributed by atoms with Crippen LogP contribution in [-0.2, 0) is 14.0 Å². The average molecular weight is 479 g/mol. The molecule has 1 aromatic carbocycles. The molecule has 0 bridgehead atoms. The van der Waals surface area contributed by atoms with Gasteiger partial charge in [0.2, 0.25) is 0 Å². The third-order valence-corrected chi connectivity index (χ3v) is 17.6. The maximum atomic E-state index is 13.3. The Bertz CT molecular complexity index is 767. The molecule has 0 saturated heterocycles. The van der Waals surface area contributed by atoms with E-state index in [1.807, 2.05) is 19.3 Å². The predicted octanol–water partition coefficient (Wildman–Crippen LogP) is 7.17. The summed E-state index contributed by atoms with van der Waals surface area (Å²) in [6.45, 7) is 22.3. The Morgan fingerprint density at radius 2 is 1.71 bits per heavy atom. The van der Waals surface area contributed by atoms with Gasteiger partial charge in [0, 0.05) is 30.3 Å². The lowest BCUT2D eigenvalue weighted by Gasteiger charge is -2.51. The zero-order valence-electron chi connectivity index (χ0n) is 21.0. The van der Waals surface area contributed by atoms with E-state index in [0.29, 0.717) is 18.6 Å². The van der Waals surface area contributed by atoms with E-state index in [4.69, 9.17) is 9.16 Å². The number of rotatable bonds is 9. The van der Waals surface area contributed by atoms with Crippen LogP contribution in [-0.4, -0.2) is 39.9 Å². The molecule has 174 valence electrons. The molecule has 1 aromatic rings. The van der Waals surface area contributed by atoms with Gasteiger partial charge in [-0.2, -0.15) is 0 Å². The molecule has 1 aliphatic rings. The summed E-state index contributed by atoms with van der Waals surface area (Å²) in [5.41, 5.74) is 0. The van der Waals surface area contributed by atoms with Crippen molar-refractivity contribution >= 4 is 33.9 Å². The minimum atomic E-state index is -2.06. The summed E-state index contributed by atoms with van der Waals surface area (Å²) in [5.74, 6) is 0.172. The number of Topliss-reactive ketones (excluding diaryl/α,β-unsaturated/α-hetero) is 1. The second-order valence-electron chi connectivity index (χ2n) is 11.3. The van der Waals surface area contributed by atoms with Gasteiger partial charge < -0.3 is 9.16 Å². The van der Waals surface area contributed by atoms with Gasteiger partial charge in [0.25, 0.3) is 0 Å². The average Bonchev–Trinajstić information content (AvgIpc) is 2.94. The monoisotopic (exact) mass is 478 g/mol. The van der Waals surface area contributed by atoms with E-state index in [-0.39, 0.29) is 23.0 Å². The van der Waals surface area contributed by atoms with Crippen LogP contribution in [0.15, 0.2) is 47.9 Å². The van der Waals surface area contributed by atoms with E-state index < -0.39 is 20.9 Å². The normalized spacial score (nSPS) is 24.8. The highest BCUT2D eigenvalue weighted by Gasteiger charge is 2.61. The second-order valence-corrected chi connectivity index (χ2v) is 22.9. The van der Waals surface area contributed by atoms with Gasteiger partial charge in [-0.05, 0) is 36.7 Å². The third kappa shape index (κ3) is 5.46. The van der Waals surface area contributed by atoms with Crippen molar-refractivity contribution in [2.75, 3.05) is 7.11 Å². The number of hydrogen-bond donors (Lipinski definition) is 0. The fourth-order valence-electron chi connectivity index (χ4n) is 4.44. The molecule has 1 saturated carbocycles. The highest BCUT2D eigenvalue weighted by Crippen LogP contribution is 2.55. The van der Waals surface area contributed by atoms with Gasteiger partial charge >= 0.3 is 0 Å². The molecule has 0 radical (unpaired) electrons. The van der Waals surface area contributed by atoms with Gasteiger partial charge in [-0.25, -0.2) is 0 Å². The molecule has 0 aromatic heterocycles. The van der Waals surface area contributed by atoms with Crippen molar-refractivity contribution in [3.8, 4) is 0 Å². The maximum Gasteiger partial charge on any atom is 0.192 e. The van der Waals surface area contributed by atoms with E-state index in [1.54, 1.807) is 11.8 Å². The highest BCUT2D eigenvalue weighted by molar-refractivity contribution is 8.02. The van der Waals surface area contributed by atoms with Crippen LogP contribution in [0.25, 0.3) is 0 Å². The van der Waals surface area contributed by atoms with E-state index in [9.17, 15) is 4.79 Å². The molecule has 6 heteroatoms. The summed E-state index contributed by atoms with van der Waals surface area (Å²) in [5, 5.41) is 0.0819. The number of carbonyl (C=O) groups excluding carboxylic acids is 1. The van der Waals surface area contributed by atoms with Crippen LogP contribution in [0.5, 0.6) is 0 Å². The molecular formula is C25H42O3SSi2. The summed E-state index contributed by atoms with van der Waals surface area (Å²) in [7, 11) is -2.20. The first kappa shape index (κ1) is 26.6. The van der Waals surface area contributed by atoms with Gasteiger partial charge in [0.05, 0.1) is 14.2 Å². The molecule has 4 atom stereocenters. The lowest BCUT2D eigenvalue weighted by atomic mass is 9.91. The van der Waals surface area contributed by atoms with Crippen molar-refractivity contribution in [1.82, 2.24) is 0 Å². The Kier molecular flexibility index (Phi) is 8.30. The number of hydrogen-bond acceptors (Lipinski definition) is 4. The molecule has 31 heavy (non-hydrogen) atoms. The minimum absolute atomic E-state index is 0.00556. The lowest BCUT2D eigenvalue weighted by Crippen LogP contribution is -2.61. The first-order valence-corrected chi connectivity index (χ1v) is 18.5. The summed E-state index contributed by atoms with van der Waals surface area (Å²) in [4.78, 5) is 14.5. The third-order valence-electron chi connectivity index (χ3n) is 7.12. The number of benzene rings is 1. The van der Waals surface area contributed by atoms with Crippen LogP contribution >= 0.6 is 11.8 Å². The van der Waals surface area contributed by atoms with Crippen LogP contribution in [0.2, 0.25) is 37.8 Å². The summed E-state index contributed by atoms with van der Waals surface area (Å²) in [6.07, 6.45) is 2.91. The molecule has 2 rings (SSSR count). The molecule has 3 nitrogen and oxygen atoms in total. The Hall–Kier alpha value is -0.666. The van der Waals surface area contributed by atoms with Gasteiger partial charge in [-0.3, -0.25) is 4.79 Å². The highest BCUT2D eigenvalue weighted by atomic mass is 32.2. The number of thioether (sulfide) groups is 1. The molecule has 0 amide bonds. The van der Waals surface area contributed by atoms with E-state index in [0.717, 1.165) is 0 Å². The fraction of sp³-hybridized carbons (Fsp3) is 0.640. The van der Waals surface area contributed by atoms with Crippen LogP contribution in [0.4, 0.5) is 0 Å². The van der Waals surface area contributed by atoms with Crippen molar-refractivity contribution in [2.45, 2.75) is 86.9 Å². The summed E-state index contributed by atoms with van der Waals surface area (Å²) in [6, 6.07) is 10.5. The molecule has 1 fully saturated rings. The minimum Gasteiger partial charge on any atom is -0.413 e. The van der Waals surface area contributed by atoms with Crippen molar-refractivity contribution < 1.29 is 14.0 Å². The van der Waals surface area contributed by atoms with Crippen molar-refractivity contribution in [3.63, 3.8) is 0 Å². The summed E-state index contributed by atoms with van der Waals surface area (Å²) >= 11 is 1.80. The Morgan fingerprint density at radius 3 is 2.16 bits per heavy atom. The quantitative estimate of drug-likeness (QED) is 0.163. The van der Waals surface area contributed by atoms with Crippen LogP contribution < -0.4 is 0 Å². The smallest absolute Gasteiger partial charge is 0.192 e. The Morgan fingerprint density at radius 1 is 1.13 bits per heavy atom. The molecule has 0 spiro atoms. The predicted molar refractivity (Wildman–Crippen MR) is 139 cm³/mol. The number of ether oxygens (including phenoxy) is 1. The molecule has 0 aliphatic heterocycles. The van der Waals surface area contributed by atoms with Crippen LogP contribution in [0, 0.1) is 11.8 Å². The number of allylic oxidation sites excluding steroid dienone is 1. The largest absolute Gasteiger partial charge is 0.413 e. The first-order chi connectivity index (χ1) is 14.2. The van der Waals surface area contributed by atoms with Crippen molar-refractivity contribution in [2.24, 2.45) is 11.8 Å². The molecule has 0 N–H and O–H groups in total. The van der Waals surface area contributed by atoms with Gasteiger partial charge in [-0.1, -0.05) is 76.4 Å². The Labute approximate surface area is 196 Å².